The molecule has 2 aromatic heterocycles. The van der Waals surface area contributed by atoms with Crippen molar-refractivity contribution in [2.75, 3.05) is 6.54 Å². The first-order valence-electron chi connectivity index (χ1n) is 12.0. The number of nitrogens with one attached hydrogen (secondary N) is 2. The largest absolute Gasteiger partial charge is 0.459 e. The maximum absolute atomic E-state index is 13.7. The number of hydrogen-bond acceptors (Lipinski definition) is 5. The van der Waals surface area contributed by atoms with Gasteiger partial charge in [0.1, 0.15) is 6.04 Å². The van der Waals surface area contributed by atoms with Gasteiger partial charge in [0.05, 0.1) is 19.4 Å². The summed E-state index contributed by atoms with van der Waals surface area (Å²) in [5.41, 5.74) is 1.81. The summed E-state index contributed by atoms with van der Waals surface area (Å²) < 4.78 is 5.12. The van der Waals surface area contributed by atoms with Crippen LogP contribution in [-0.2, 0) is 16.1 Å². The minimum absolute atomic E-state index is 0.113. The molecule has 0 bridgehead atoms. The van der Waals surface area contributed by atoms with E-state index in [1.807, 2.05) is 48.7 Å². The first-order chi connectivity index (χ1) is 17.0. The third-order valence-corrected chi connectivity index (χ3v) is 7.14. The van der Waals surface area contributed by atoms with Crippen molar-refractivity contribution in [3.05, 3.63) is 81.9 Å². The third-order valence-electron chi connectivity index (χ3n) is 6.28. The summed E-state index contributed by atoms with van der Waals surface area (Å²) in [5, 5.41) is 7.78. The van der Waals surface area contributed by atoms with Gasteiger partial charge in [-0.1, -0.05) is 55.2 Å². The Bertz CT molecular complexity index is 1100. The molecule has 1 aliphatic carbocycles. The lowest BCUT2D eigenvalue weighted by molar-refractivity contribution is -0.141. The number of carbonyl (C=O) groups is 3. The fraction of sp³-hybridized carbons (Fsp3) is 0.370. The molecule has 1 aromatic carbocycles. The quantitative estimate of drug-likeness (QED) is 0.456. The minimum atomic E-state index is -0.812. The molecule has 1 aliphatic rings. The molecule has 0 saturated heterocycles. The molecule has 35 heavy (non-hydrogen) atoms. The van der Waals surface area contributed by atoms with Crippen LogP contribution in [0.4, 0.5) is 0 Å². The number of thiophene rings is 1. The normalized spacial score (nSPS) is 14.8. The molecule has 0 spiro atoms. The first kappa shape index (κ1) is 24.7. The summed E-state index contributed by atoms with van der Waals surface area (Å²) in [6.45, 7) is 2.01. The van der Waals surface area contributed by atoms with Gasteiger partial charge in [0.15, 0.2) is 5.76 Å². The van der Waals surface area contributed by atoms with Gasteiger partial charge in [-0.3, -0.25) is 14.4 Å². The summed E-state index contributed by atoms with van der Waals surface area (Å²) in [5.74, 6) is -0.878. The van der Waals surface area contributed by atoms with Gasteiger partial charge in [-0.15, -0.1) is 11.3 Å². The second-order valence-electron chi connectivity index (χ2n) is 8.92. The van der Waals surface area contributed by atoms with Gasteiger partial charge >= 0.3 is 0 Å². The number of nitrogens with zero attached hydrogens (tertiary/aromatic N) is 1. The second-order valence-corrected chi connectivity index (χ2v) is 9.95. The number of furan rings is 1. The van der Waals surface area contributed by atoms with E-state index in [-0.39, 0.29) is 36.7 Å². The van der Waals surface area contributed by atoms with E-state index in [4.69, 9.17) is 4.42 Å². The Hall–Kier alpha value is -3.39. The van der Waals surface area contributed by atoms with E-state index in [1.165, 1.54) is 30.1 Å². The average Bonchev–Trinajstić information content (AvgIpc) is 3.58. The molecule has 3 aromatic rings. The highest BCUT2D eigenvalue weighted by Gasteiger charge is 2.33. The first-order valence-corrected chi connectivity index (χ1v) is 12.9. The fourth-order valence-electron chi connectivity index (χ4n) is 4.39. The summed E-state index contributed by atoms with van der Waals surface area (Å²) in [6.07, 6.45) is 6.68. The van der Waals surface area contributed by atoms with Gasteiger partial charge in [-0.25, -0.2) is 0 Å². The van der Waals surface area contributed by atoms with Crippen molar-refractivity contribution >= 4 is 29.1 Å². The van der Waals surface area contributed by atoms with Gasteiger partial charge in [-0.05, 0) is 48.9 Å². The van der Waals surface area contributed by atoms with Crippen molar-refractivity contribution in [2.45, 2.75) is 57.7 Å². The van der Waals surface area contributed by atoms with Gasteiger partial charge in [0, 0.05) is 10.9 Å². The van der Waals surface area contributed by atoms with Gasteiger partial charge in [0.2, 0.25) is 11.8 Å². The van der Waals surface area contributed by atoms with E-state index in [1.54, 1.807) is 11.0 Å². The number of aryl methyl sites for hydroxylation is 1. The van der Waals surface area contributed by atoms with E-state index in [9.17, 15) is 14.4 Å². The second kappa shape index (κ2) is 11.8. The van der Waals surface area contributed by atoms with E-state index >= 15 is 0 Å². The predicted octanol–water partition coefficient (Wildman–Crippen LogP) is 4.60. The maximum atomic E-state index is 13.7. The highest BCUT2D eigenvalue weighted by molar-refractivity contribution is 7.09. The number of hydrogen-bond donors (Lipinski definition) is 2. The summed E-state index contributed by atoms with van der Waals surface area (Å²) >= 11 is 1.53. The lowest BCUT2D eigenvalue weighted by Crippen LogP contribution is -2.49. The molecule has 2 heterocycles. The minimum Gasteiger partial charge on any atom is -0.459 e. The Kier molecular flexibility index (Phi) is 8.36. The van der Waals surface area contributed by atoms with Crippen molar-refractivity contribution in [2.24, 2.45) is 0 Å². The van der Waals surface area contributed by atoms with Crippen LogP contribution in [0.2, 0.25) is 0 Å². The third kappa shape index (κ3) is 6.60. The maximum Gasteiger partial charge on any atom is 0.287 e. The zero-order valence-electron chi connectivity index (χ0n) is 19.9. The van der Waals surface area contributed by atoms with Crippen LogP contribution in [0.3, 0.4) is 0 Å². The summed E-state index contributed by atoms with van der Waals surface area (Å²) in [4.78, 5) is 42.1. The van der Waals surface area contributed by atoms with Crippen LogP contribution < -0.4 is 10.6 Å². The molecule has 184 valence electrons. The number of benzene rings is 1. The Morgan fingerprint density at radius 2 is 1.83 bits per heavy atom. The van der Waals surface area contributed by atoms with Crippen molar-refractivity contribution in [3.63, 3.8) is 0 Å². The topological polar surface area (TPSA) is 91.7 Å². The van der Waals surface area contributed by atoms with Crippen LogP contribution in [0.15, 0.2) is 64.6 Å². The predicted molar refractivity (Wildman–Crippen MR) is 135 cm³/mol. The molecule has 2 N–H and O–H groups in total. The Morgan fingerprint density at radius 3 is 2.49 bits per heavy atom. The van der Waals surface area contributed by atoms with E-state index < -0.39 is 11.9 Å². The fourth-order valence-corrected chi connectivity index (χ4v) is 5.10. The standard InChI is InChI=1S/C27H31N3O4S/c1-19-11-13-20(14-12-19)25(27(33)29-21-7-3-2-4-8-21)30(18-22-9-6-16-35-22)24(31)17-28-26(32)23-10-5-15-34-23/h5-6,9-16,21,25H,2-4,7-8,17-18H2,1H3,(H,28,32)(H,29,33)/t25-/m0/s1. The van der Waals surface area contributed by atoms with E-state index in [2.05, 4.69) is 10.6 Å². The Balaban J connectivity index is 1.60. The molecule has 4 rings (SSSR count). The van der Waals surface area contributed by atoms with Gasteiger partial charge in [0.25, 0.3) is 5.91 Å². The lowest BCUT2D eigenvalue weighted by atomic mass is 9.94. The Morgan fingerprint density at radius 1 is 1.06 bits per heavy atom. The molecule has 0 radical (unpaired) electrons. The SMILES string of the molecule is Cc1ccc([C@@H](C(=O)NC2CCCCC2)N(Cc2cccs2)C(=O)CNC(=O)c2ccco2)cc1. The smallest absolute Gasteiger partial charge is 0.287 e. The molecule has 7 nitrogen and oxygen atoms in total. The molecular weight excluding hydrogens is 462 g/mol. The van der Waals surface area contributed by atoms with Crippen molar-refractivity contribution < 1.29 is 18.8 Å². The zero-order chi connectivity index (χ0) is 24.6. The lowest BCUT2D eigenvalue weighted by Gasteiger charge is -2.33. The van der Waals surface area contributed by atoms with Gasteiger partial charge < -0.3 is 20.0 Å². The van der Waals surface area contributed by atoms with Crippen LogP contribution in [-0.4, -0.2) is 35.2 Å². The molecule has 8 heteroatoms. The number of carbonyl (C=O) groups excluding carboxylic acids is 3. The molecule has 0 aliphatic heterocycles. The van der Waals surface area contributed by atoms with Gasteiger partial charge in [-0.2, -0.15) is 0 Å². The molecule has 1 fully saturated rings. The molecule has 1 atom stereocenters. The zero-order valence-corrected chi connectivity index (χ0v) is 20.7. The van der Waals surface area contributed by atoms with Crippen molar-refractivity contribution in [1.82, 2.24) is 15.5 Å². The van der Waals surface area contributed by atoms with E-state index in [0.29, 0.717) is 0 Å². The highest BCUT2D eigenvalue weighted by atomic mass is 32.1. The molecular formula is C27H31N3O4S. The number of rotatable bonds is 9. The van der Waals surface area contributed by atoms with Crippen LogP contribution in [0.5, 0.6) is 0 Å². The Labute approximate surface area is 209 Å². The molecule has 3 amide bonds. The number of amides is 3. The van der Waals surface area contributed by atoms with Crippen molar-refractivity contribution in [1.29, 1.82) is 0 Å². The highest BCUT2D eigenvalue weighted by Crippen LogP contribution is 2.27. The van der Waals surface area contributed by atoms with E-state index in [0.717, 1.165) is 41.7 Å². The molecule has 0 unspecified atom stereocenters. The van der Waals surface area contributed by atoms with Crippen LogP contribution in [0.1, 0.15) is 64.7 Å². The summed E-state index contributed by atoms with van der Waals surface area (Å²) in [7, 11) is 0. The van der Waals surface area contributed by atoms with Crippen LogP contribution in [0, 0.1) is 6.92 Å². The monoisotopic (exact) mass is 493 g/mol. The molecule has 1 saturated carbocycles. The van der Waals surface area contributed by atoms with Crippen LogP contribution in [0.25, 0.3) is 0 Å². The van der Waals surface area contributed by atoms with Crippen LogP contribution >= 0.6 is 11.3 Å². The average molecular weight is 494 g/mol. The summed E-state index contributed by atoms with van der Waals surface area (Å²) in [6, 6.07) is 14.0. The van der Waals surface area contributed by atoms with Crippen molar-refractivity contribution in [3.8, 4) is 0 Å².